The van der Waals surface area contributed by atoms with Crippen LogP contribution in [0.3, 0.4) is 0 Å². The molecule has 3 aromatic carbocycles. The van der Waals surface area contributed by atoms with Gasteiger partial charge in [-0.1, -0.05) is 36.4 Å². The average Bonchev–Trinajstić information content (AvgIpc) is 3.25. The maximum Gasteiger partial charge on any atom is 0.338 e. The highest BCUT2D eigenvalue weighted by Crippen LogP contribution is 2.41. The van der Waals surface area contributed by atoms with Gasteiger partial charge < -0.3 is 13.9 Å². The number of esters is 1. The Morgan fingerprint density at radius 1 is 0.793 bits per heavy atom. The highest BCUT2D eigenvalue weighted by Gasteiger charge is 2.24. The number of fused-ring (bicyclic) bond motifs is 7. The zero-order valence-electron chi connectivity index (χ0n) is 17.0. The van der Waals surface area contributed by atoms with Crippen molar-refractivity contribution in [3.8, 4) is 0 Å². The largest absolute Gasteiger partial charge is 0.462 e. The van der Waals surface area contributed by atoms with E-state index < -0.39 is 0 Å². The Morgan fingerprint density at radius 3 is 2.03 bits per heavy atom. The molecule has 0 atom stereocenters. The van der Waals surface area contributed by atoms with Crippen LogP contribution in [0.2, 0.25) is 0 Å². The molecule has 0 N–H and O–H groups in total. The van der Waals surface area contributed by atoms with Gasteiger partial charge in [0.15, 0.2) is 0 Å². The Balaban J connectivity index is 2.13. The molecule has 0 bridgehead atoms. The smallest absolute Gasteiger partial charge is 0.338 e. The van der Waals surface area contributed by atoms with E-state index in [0.29, 0.717) is 12.2 Å². The first kappa shape index (κ1) is 17.8. The second-order valence-corrected chi connectivity index (χ2v) is 7.29. The normalized spacial score (nSPS) is 11.8. The minimum atomic E-state index is -0.258. The van der Waals surface area contributed by atoms with Crippen molar-refractivity contribution in [2.75, 3.05) is 6.61 Å². The first-order valence-electron chi connectivity index (χ1n) is 10.3. The highest BCUT2D eigenvalue weighted by molar-refractivity contribution is 6.27. The predicted octanol–water partition coefficient (Wildman–Crippen LogP) is 6.12. The van der Waals surface area contributed by atoms with Crippen LogP contribution < -0.4 is 0 Å². The molecule has 2 heterocycles. The zero-order valence-corrected chi connectivity index (χ0v) is 17.0. The highest BCUT2D eigenvalue weighted by atomic mass is 16.5. The van der Waals surface area contributed by atoms with E-state index >= 15 is 0 Å². The summed E-state index contributed by atoms with van der Waals surface area (Å²) in [6.07, 6.45) is 0. The van der Waals surface area contributed by atoms with Gasteiger partial charge in [0.2, 0.25) is 0 Å². The van der Waals surface area contributed by atoms with Gasteiger partial charge in [0.05, 0.1) is 23.2 Å². The maximum atomic E-state index is 13.0. The van der Waals surface area contributed by atoms with Gasteiger partial charge >= 0.3 is 5.97 Å². The Kier molecular flexibility index (Phi) is 4.09. The van der Waals surface area contributed by atoms with E-state index in [4.69, 9.17) is 4.74 Å². The molecule has 0 aliphatic rings. The molecule has 4 heteroatoms. The van der Waals surface area contributed by atoms with Crippen LogP contribution in [0.15, 0.2) is 54.6 Å². The molecule has 0 saturated heterocycles. The quantitative estimate of drug-likeness (QED) is 0.350. The van der Waals surface area contributed by atoms with Crippen molar-refractivity contribution >= 4 is 49.6 Å². The number of carbonyl (C=O) groups is 1. The number of para-hydroxylation sites is 2. The summed E-state index contributed by atoms with van der Waals surface area (Å²) in [6, 6.07) is 18.8. The zero-order chi connectivity index (χ0) is 20.1. The maximum absolute atomic E-state index is 13.0. The van der Waals surface area contributed by atoms with Gasteiger partial charge in [-0.15, -0.1) is 0 Å². The average molecular weight is 384 g/mol. The van der Waals surface area contributed by atoms with E-state index in [2.05, 4.69) is 65.4 Å². The molecule has 146 valence electrons. The molecule has 0 fully saturated rings. The number of rotatable bonds is 4. The fourth-order valence-electron chi connectivity index (χ4n) is 4.80. The van der Waals surface area contributed by atoms with Gasteiger partial charge in [0.25, 0.3) is 0 Å². The van der Waals surface area contributed by atoms with E-state index in [9.17, 15) is 4.79 Å². The molecule has 0 spiro atoms. The molecule has 5 rings (SSSR count). The number of benzene rings is 3. The third-order valence-electron chi connectivity index (χ3n) is 5.89. The molecular formula is C25H24N2O2. The fourth-order valence-corrected chi connectivity index (χ4v) is 4.80. The Labute approximate surface area is 169 Å². The molecule has 4 nitrogen and oxygen atoms in total. The van der Waals surface area contributed by atoms with Crippen LogP contribution in [-0.4, -0.2) is 21.7 Å². The summed E-state index contributed by atoms with van der Waals surface area (Å²) in [6.45, 7) is 8.25. The summed E-state index contributed by atoms with van der Waals surface area (Å²) in [4.78, 5) is 13.0. The van der Waals surface area contributed by atoms with Crippen molar-refractivity contribution in [1.82, 2.24) is 9.13 Å². The van der Waals surface area contributed by atoms with Crippen LogP contribution in [0, 0.1) is 0 Å². The SMILES string of the molecule is CCOC(=O)c1cc2c3ccccc3n(CC)c2c2c1c1ccccc1n2CC. The molecule has 0 saturated carbocycles. The van der Waals surface area contributed by atoms with Crippen LogP contribution in [0.25, 0.3) is 43.6 Å². The van der Waals surface area contributed by atoms with E-state index in [1.807, 2.05) is 19.1 Å². The standard InChI is InChI=1S/C25H24N2O2/c1-4-26-20-13-9-7-11-16(20)18-15-19(25(28)29-6-3)22-17-12-8-10-14-21(17)27(5-2)24(22)23(18)26/h7-15H,4-6H2,1-3H3. The lowest BCUT2D eigenvalue weighted by atomic mass is 10.0. The topological polar surface area (TPSA) is 36.2 Å². The van der Waals surface area contributed by atoms with Crippen LogP contribution in [0.1, 0.15) is 31.1 Å². The Hall–Kier alpha value is -3.27. The van der Waals surface area contributed by atoms with Crippen LogP contribution in [0.5, 0.6) is 0 Å². The summed E-state index contributed by atoms with van der Waals surface area (Å²) in [5.74, 6) is -0.258. The third-order valence-corrected chi connectivity index (χ3v) is 5.89. The lowest BCUT2D eigenvalue weighted by molar-refractivity contribution is 0.0529. The number of ether oxygens (including phenoxy) is 1. The van der Waals surface area contributed by atoms with Crippen molar-refractivity contribution < 1.29 is 9.53 Å². The van der Waals surface area contributed by atoms with Gasteiger partial charge in [-0.3, -0.25) is 0 Å². The summed E-state index contributed by atoms with van der Waals surface area (Å²) >= 11 is 0. The molecule has 0 amide bonds. The van der Waals surface area contributed by atoms with Gasteiger partial charge in [-0.25, -0.2) is 4.79 Å². The molecule has 0 radical (unpaired) electrons. The number of aromatic nitrogens is 2. The van der Waals surface area contributed by atoms with Gasteiger partial charge in [-0.2, -0.15) is 0 Å². The van der Waals surface area contributed by atoms with Crippen molar-refractivity contribution in [1.29, 1.82) is 0 Å². The Bertz CT molecular complexity index is 1400. The summed E-state index contributed by atoms with van der Waals surface area (Å²) in [5.41, 5.74) is 5.30. The minimum Gasteiger partial charge on any atom is -0.462 e. The summed E-state index contributed by atoms with van der Waals surface area (Å²) in [7, 11) is 0. The number of carbonyl (C=O) groups excluding carboxylic acids is 1. The van der Waals surface area contributed by atoms with Crippen molar-refractivity contribution in [3.05, 3.63) is 60.2 Å². The van der Waals surface area contributed by atoms with Crippen LogP contribution in [-0.2, 0) is 17.8 Å². The predicted molar refractivity (Wildman–Crippen MR) is 120 cm³/mol. The molecule has 2 aromatic heterocycles. The molecular weight excluding hydrogens is 360 g/mol. The Morgan fingerprint density at radius 2 is 1.38 bits per heavy atom. The molecule has 0 aliphatic carbocycles. The monoisotopic (exact) mass is 384 g/mol. The van der Waals surface area contributed by atoms with E-state index in [1.165, 1.54) is 16.4 Å². The number of aryl methyl sites for hydroxylation is 2. The lowest BCUT2D eigenvalue weighted by Crippen LogP contribution is -2.06. The summed E-state index contributed by atoms with van der Waals surface area (Å²) < 4.78 is 10.2. The number of hydrogen-bond acceptors (Lipinski definition) is 2. The molecule has 0 unspecified atom stereocenters. The first-order valence-corrected chi connectivity index (χ1v) is 10.3. The van der Waals surface area contributed by atoms with E-state index in [1.54, 1.807) is 0 Å². The number of nitrogens with zero attached hydrogens (tertiary/aromatic N) is 2. The first-order chi connectivity index (χ1) is 14.2. The van der Waals surface area contributed by atoms with Crippen molar-refractivity contribution in [3.63, 3.8) is 0 Å². The van der Waals surface area contributed by atoms with E-state index in [0.717, 1.165) is 40.3 Å². The second-order valence-electron chi connectivity index (χ2n) is 7.29. The van der Waals surface area contributed by atoms with Crippen molar-refractivity contribution in [2.45, 2.75) is 33.9 Å². The molecule has 0 aliphatic heterocycles. The van der Waals surface area contributed by atoms with E-state index in [-0.39, 0.29) is 5.97 Å². The van der Waals surface area contributed by atoms with Crippen LogP contribution >= 0.6 is 0 Å². The molecule has 29 heavy (non-hydrogen) atoms. The number of hydrogen-bond donors (Lipinski definition) is 0. The third kappa shape index (κ3) is 2.35. The lowest BCUT2D eigenvalue weighted by Gasteiger charge is -2.11. The van der Waals surface area contributed by atoms with Gasteiger partial charge in [0.1, 0.15) is 0 Å². The summed E-state index contributed by atoms with van der Waals surface area (Å²) in [5, 5.41) is 4.37. The van der Waals surface area contributed by atoms with Gasteiger partial charge in [-0.05, 0) is 39.0 Å². The minimum absolute atomic E-state index is 0.258. The second kappa shape index (κ2) is 6.66. The van der Waals surface area contributed by atoms with Crippen LogP contribution in [0.4, 0.5) is 0 Å². The van der Waals surface area contributed by atoms with Crippen molar-refractivity contribution in [2.24, 2.45) is 0 Å². The fraction of sp³-hybridized carbons (Fsp3) is 0.240. The van der Waals surface area contributed by atoms with Gasteiger partial charge in [0, 0.05) is 45.7 Å². The molecule has 5 aromatic rings.